The minimum Gasteiger partial charge on any atom is -0.292 e. The Bertz CT molecular complexity index is 1030. The summed E-state index contributed by atoms with van der Waals surface area (Å²) in [7, 11) is 0. The molecule has 1 amide bonds. The second kappa shape index (κ2) is 5.92. The van der Waals surface area contributed by atoms with Gasteiger partial charge in [-0.2, -0.15) is 0 Å². The highest BCUT2D eigenvalue weighted by molar-refractivity contribution is 6.04. The van der Waals surface area contributed by atoms with Gasteiger partial charge in [-0.05, 0) is 25.1 Å². The SMILES string of the molecule is Cc1ccc(C(=O)Nc2nc3ccccc3c(=O)[nH]2)cc1[N+](=O)[O-]. The predicted molar refractivity (Wildman–Crippen MR) is 88.2 cm³/mol. The van der Waals surface area contributed by atoms with E-state index in [2.05, 4.69) is 15.3 Å². The number of carbonyl (C=O) groups excluding carboxylic acids is 1. The molecule has 0 radical (unpaired) electrons. The maximum atomic E-state index is 12.3. The molecule has 0 saturated heterocycles. The number of aromatic nitrogens is 2. The summed E-state index contributed by atoms with van der Waals surface area (Å²) in [5.41, 5.74) is 0.455. The second-order valence-corrected chi connectivity index (χ2v) is 5.14. The molecule has 24 heavy (non-hydrogen) atoms. The van der Waals surface area contributed by atoms with Crippen molar-refractivity contribution in [1.29, 1.82) is 0 Å². The second-order valence-electron chi connectivity index (χ2n) is 5.14. The zero-order valence-corrected chi connectivity index (χ0v) is 12.6. The average molecular weight is 324 g/mol. The first kappa shape index (κ1) is 15.3. The molecule has 0 aliphatic carbocycles. The van der Waals surface area contributed by atoms with E-state index in [0.717, 1.165) is 0 Å². The van der Waals surface area contributed by atoms with Crippen LogP contribution in [0.15, 0.2) is 47.3 Å². The number of nitrogens with one attached hydrogen (secondary N) is 2. The quantitative estimate of drug-likeness (QED) is 0.566. The molecule has 0 saturated carbocycles. The number of para-hydroxylation sites is 1. The average Bonchev–Trinajstić information content (AvgIpc) is 2.55. The van der Waals surface area contributed by atoms with Crippen LogP contribution in [0.2, 0.25) is 0 Å². The van der Waals surface area contributed by atoms with Crippen molar-refractivity contribution < 1.29 is 9.72 Å². The number of amides is 1. The number of aromatic amines is 1. The van der Waals surface area contributed by atoms with Gasteiger partial charge < -0.3 is 0 Å². The van der Waals surface area contributed by atoms with Gasteiger partial charge in [0.05, 0.1) is 15.8 Å². The summed E-state index contributed by atoms with van der Waals surface area (Å²) < 4.78 is 0. The van der Waals surface area contributed by atoms with Crippen molar-refractivity contribution in [2.45, 2.75) is 6.92 Å². The number of hydrogen-bond donors (Lipinski definition) is 2. The Morgan fingerprint density at radius 1 is 1.25 bits per heavy atom. The number of carbonyl (C=O) groups is 1. The third kappa shape index (κ3) is 2.84. The van der Waals surface area contributed by atoms with Gasteiger partial charge in [0, 0.05) is 17.2 Å². The maximum Gasteiger partial charge on any atom is 0.273 e. The fraction of sp³-hybridized carbons (Fsp3) is 0.0625. The molecule has 3 rings (SSSR count). The summed E-state index contributed by atoms with van der Waals surface area (Å²) in [5, 5.41) is 13.8. The standard InChI is InChI=1S/C16H12N4O4/c1-9-6-7-10(8-13(9)20(23)24)14(21)18-16-17-12-5-3-2-4-11(12)15(22)19-16/h2-8H,1H3,(H2,17,18,19,21,22). The van der Waals surface area contributed by atoms with Crippen molar-refractivity contribution in [3.8, 4) is 0 Å². The monoisotopic (exact) mass is 324 g/mol. The summed E-state index contributed by atoms with van der Waals surface area (Å²) in [6.45, 7) is 1.59. The van der Waals surface area contributed by atoms with Gasteiger partial charge in [0.1, 0.15) is 0 Å². The first-order chi connectivity index (χ1) is 11.5. The van der Waals surface area contributed by atoms with Crippen molar-refractivity contribution in [3.05, 3.63) is 74.1 Å². The third-order valence-corrected chi connectivity index (χ3v) is 3.51. The van der Waals surface area contributed by atoms with Gasteiger partial charge in [-0.15, -0.1) is 0 Å². The fourth-order valence-electron chi connectivity index (χ4n) is 2.27. The summed E-state index contributed by atoms with van der Waals surface area (Å²) in [6.07, 6.45) is 0. The highest BCUT2D eigenvalue weighted by Crippen LogP contribution is 2.19. The van der Waals surface area contributed by atoms with Crippen molar-refractivity contribution in [3.63, 3.8) is 0 Å². The molecule has 0 unspecified atom stereocenters. The van der Waals surface area contributed by atoms with E-state index in [4.69, 9.17) is 0 Å². The number of H-pyrrole nitrogens is 1. The number of nitrogens with zero attached hydrogens (tertiary/aromatic N) is 2. The number of fused-ring (bicyclic) bond motifs is 1. The van der Waals surface area contributed by atoms with Crippen LogP contribution in [0.1, 0.15) is 15.9 Å². The van der Waals surface area contributed by atoms with E-state index in [1.54, 1.807) is 31.2 Å². The molecule has 0 spiro atoms. The molecule has 8 nitrogen and oxygen atoms in total. The summed E-state index contributed by atoms with van der Waals surface area (Å²) >= 11 is 0. The van der Waals surface area contributed by atoms with E-state index in [1.807, 2.05) is 0 Å². The van der Waals surface area contributed by atoms with Gasteiger partial charge in [0.2, 0.25) is 5.95 Å². The topological polar surface area (TPSA) is 118 Å². The minimum absolute atomic E-state index is 0.0214. The molecule has 3 aromatic rings. The molecule has 1 heterocycles. The normalized spacial score (nSPS) is 10.5. The molecule has 120 valence electrons. The summed E-state index contributed by atoms with van der Waals surface area (Å²) in [5.74, 6) is -0.622. The molecule has 2 aromatic carbocycles. The molecule has 1 aromatic heterocycles. The molecular formula is C16H12N4O4. The minimum atomic E-state index is -0.600. The molecule has 8 heteroatoms. The first-order valence-corrected chi connectivity index (χ1v) is 7.01. The van der Waals surface area contributed by atoms with E-state index < -0.39 is 10.8 Å². The highest BCUT2D eigenvalue weighted by atomic mass is 16.6. The predicted octanol–water partition coefficient (Wildman–Crippen LogP) is 2.39. The maximum absolute atomic E-state index is 12.3. The number of aryl methyl sites for hydroxylation is 1. The van der Waals surface area contributed by atoms with Gasteiger partial charge in [-0.3, -0.25) is 30.0 Å². The Balaban J connectivity index is 1.94. The highest BCUT2D eigenvalue weighted by Gasteiger charge is 2.16. The Kier molecular flexibility index (Phi) is 3.78. The number of anilines is 1. The first-order valence-electron chi connectivity index (χ1n) is 7.01. The number of hydrogen-bond acceptors (Lipinski definition) is 5. The third-order valence-electron chi connectivity index (χ3n) is 3.51. The zero-order chi connectivity index (χ0) is 17.3. The fourth-order valence-corrected chi connectivity index (χ4v) is 2.27. The van der Waals surface area contributed by atoms with Gasteiger partial charge in [0.25, 0.3) is 17.2 Å². The molecular weight excluding hydrogens is 312 g/mol. The Hall–Kier alpha value is -3.55. The van der Waals surface area contributed by atoms with Crippen molar-refractivity contribution in [2.24, 2.45) is 0 Å². The van der Waals surface area contributed by atoms with Crippen molar-refractivity contribution in [2.75, 3.05) is 5.32 Å². The summed E-state index contributed by atoms with van der Waals surface area (Å²) in [4.78, 5) is 41.3. The number of benzene rings is 2. The Morgan fingerprint density at radius 3 is 2.75 bits per heavy atom. The lowest BCUT2D eigenvalue weighted by atomic mass is 10.1. The molecule has 0 bridgehead atoms. The van der Waals surface area contributed by atoms with E-state index in [1.165, 1.54) is 18.2 Å². The van der Waals surface area contributed by atoms with Crippen LogP contribution >= 0.6 is 0 Å². The van der Waals surface area contributed by atoms with Crippen LogP contribution in [0.3, 0.4) is 0 Å². The smallest absolute Gasteiger partial charge is 0.273 e. The van der Waals surface area contributed by atoms with Gasteiger partial charge in [-0.25, -0.2) is 4.98 Å². The number of nitro benzene ring substituents is 1. The van der Waals surface area contributed by atoms with Crippen molar-refractivity contribution in [1.82, 2.24) is 9.97 Å². The summed E-state index contributed by atoms with van der Waals surface area (Å²) in [6, 6.07) is 10.9. The van der Waals surface area contributed by atoms with Crippen molar-refractivity contribution >= 4 is 28.4 Å². The van der Waals surface area contributed by atoms with Gasteiger partial charge >= 0.3 is 0 Å². The van der Waals surface area contributed by atoms with Crippen LogP contribution in [0, 0.1) is 17.0 Å². The van der Waals surface area contributed by atoms with E-state index in [0.29, 0.717) is 16.5 Å². The Morgan fingerprint density at radius 2 is 2.00 bits per heavy atom. The largest absolute Gasteiger partial charge is 0.292 e. The van der Waals surface area contributed by atoms with E-state index in [9.17, 15) is 19.7 Å². The molecule has 0 aliphatic heterocycles. The van der Waals surface area contributed by atoms with Crippen LogP contribution in [-0.2, 0) is 0 Å². The van der Waals surface area contributed by atoms with Gasteiger partial charge in [0.15, 0.2) is 0 Å². The lowest BCUT2D eigenvalue weighted by Crippen LogP contribution is -2.18. The number of nitro groups is 1. The molecule has 0 fully saturated rings. The lowest BCUT2D eigenvalue weighted by molar-refractivity contribution is -0.385. The molecule has 0 atom stereocenters. The van der Waals surface area contributed by atoms with E-state index in [-0.39, 0.29) is 22.8 Å². The van der Waals surface area contributed by atoms with Crippen LogP contribution in [-0.4, -0.2) is 20.8 Å². The van der Waals surface area contributed by atoms with Crippen LogP contribution in [0.4, 0.5) is 11.6 Å². The van der Waals surface area contributed by atoms with Crippen LogP contribution in [0.25, 0.3) is 10.9 Å². The lowest BCUT2D eigenvalue weighted by Gasteiger charge is -2.06. The molecule has 0 aliphatic rings. The Labute approximate surface area is 135 Å². The van der Waals surface area contributed by atoms with E-state index >= 15 is 0 Å². The van der Waals surface area contributed by atoms with Crippen LogP contribution in [0.5, 0.6) is 0 Å². The van der Waals surface area contributed by atoms with Crippen LogP contribution < -0.4 is 10.9 Å². The zero-order valence-electron chi connectivity index (χ0n) is 12.6. The van der Waals surface area contributed by atoms with Gasteiger partial charge in [-0.1, -0.05) is 18.2 Å². The number of rotatable bonds is 3. The molecule has 2 N–H and O–H groups in total.